The largest absolute Gasteiger partial charge is 0.416 e. The zero-order valence-electron chi connectivity index (χ0n) is 15.9. The smallest absolute Gasteiger partial charge is 0.370 e. The van der Waals surface area contributed by atoms with E-state index >= 15 is 0 Å². The lowest BCUT2D eigenvalue weighted by atomic mass is 9.62. The zero-order chi connectivity index (χ0) is 20.0. The summed E-state index contributed by atoms with van der Waals surface area (Å²) in [5.74, 6) is -0.0150. The van der Waals surface area contributed by atoms with Crippen molar-refractivity contribution in [2.24, 2.45) is 5.92 Å². The number of alkyl halides is 3. The number of nitrogens with one attached hydrogen (secondary N) is 1. The van der Waals surface area contributed by atoms with Gasteiger partial charge in [0.15, 0.2) is 5.11 Å². The molecule has 0 aromatic heterocycles. The molecule has 1 heterocycles. The van der Waals surface area contributed by atoms with Crippen LogP contribution in [0.15, 0.2) is 24.3 Å². The summed E-state index contributed by atoms with van der Waals surface area (Å²) in [5.41, 5.74) is -1.91. The normalized spacial score (nSPS) is 30.1. The van der Waals surface area contributed by atoms with Gasteiger partial charge in [-0.05, 0) is 56.0 Å². The van der Waals surface area contributed by atoms with E-state index in [2.05, 4.69) is 5.32 Å². The van der Waals surface area contributed by atoms with E-state index in [1.54, 1.807) is 11.0 Å². The zero-order valence-corrected chi connectivity index (χ0v) is 16.7. The number of benzene rings is 1. The van der Waals surface area contributed by atoms with Gasteiger partial charge in [-0.3, -0.25) is 0 Å². The third-order valence-electron chi connectivity index (χ3n) is 6.98. The van der Waals surface area contributed by atoms with Crippen LogP contribution in [0.4, 0.5) is 13.2 Å². The number of hydrogen-bond acceptors (Lipinski definition) is 2. The number of nitrogens with zero attached hydrogens (tertiary/aromatic N) is 1. The number of rotatable bonds is 2. The molecule has 0 bridgehead atoms. The van der Waals surface area contributed by atoms with Gasteiger partial charge < -0.3 is 15.3 Å². The van der Waals surface area contributed by atoms with Crippen molar-refractivity contribution in [2.45, 2.75) is 81.8 Å². The Kier molecular flexibility index (Phi) is 5.11. The first kappa shape index (κ1) is 20.0. The molecule has 2 atom stereocenters. The van der Waals surface area contributed by atoms with Crippen molar-refractivity contribution in [3.63, 3.8) is 0 Å². The molecule has 28 heavy (non-hydrogen) atoms. The molecular weight excluding hydrogens is 385 g/mol. The molecule has 3 nitrogen and oxygen atoms in total. The van der Waals surface area contributed by atoms with Crippen molar-refractivity contribution in [3.05, 3.63) is 35.4 Å². The minimum Gasteiger partial charge on any atom is -0.370 e. The lowest BCUT2D eigenvalue weighted by molar-refractivity contribution is -0.185. The van der Waals surface area contributed by atoms with Gasteiger partial charge in [0.25, 0.3) is 0 Å². The van der Waals surface area contributed by atoms with Crippen LogP contribution in [0.2, 0.25) is 0 Å². The van der Waals surface area contributed by atoms with Crippen LogP contribution in [0.3, 0.4) is 0 Å². The Morgan fingerprint density at radius 1 is 1.07 bits per heavy atom. The van der Waals surface area contributed by atoms with E-state index in [9.17, 15) is 18.3 Å². The third-order valence-corrected chi connectivity index (χ3v) is 7.30. The van der Waals surface area contributed by atoms with Gasteiger partial charge in [0, 0.05) is 18.0 Å². The molecule has 2 aliphatic carbocycles. The van der Waals surface area contributed by atoms with Crippen LogP contribution in [0.1, 0.15) is 68.9 Å². The molecule has 0 radical (unpaired) electrons. The highest BCUT2D eigenvalue weighted by Crippen LogP contribution is 2.51. The summed E-state index contributed by atoms with van der Waals surface area (Å²) in [5, 5.41) is 15.7. The number of hydrogen-bond donors (Lipinski definition) is 2. The van der Waals surface area contributed by atoms with E-state index in [1.807, 2.05) is 0 Å². The highest BCUT2D eigenvalue weighted by atomic mass is 32.1. The fraction of sp³-hybridized carbons (Fsp3) is 0.667. The van der Waals surface area contributed by atoms with Crippen molar-refractivity contribution in [2.75, 3.05) is 0 Å². The van der Waals surface area contributed by atoms with E-state index in [1.165, 1.54) is 18.6 Å². The predicted molar refractivity (Wildman–Crippen MR) is 105 cm³/mol. The second-order valence-electron chi connectivity index (χ2n) is 8.56. The van der Waals surface area contributed by atoms with Gasteiger partial charge in [0.1, 0.15) is 5.72 Å². The van der Waals surface area contributed by atoms with E-state index < -0.39 is 17.5 Å². The Labute approximate surface area is 169 Å². The van der Waals surface area contributed by atoms with Gasteiger partial charge >= 0.3 is 6.18 Å². The highest BCUT2D eigenvalue weighted by Gasteiger charge is 2.58. The predicted octanol–water partition coefficient (Wildman–Crippen LogP) is 4.98. The lowest BCUT2D eigenvalue weighted by Gasteiger charge is -2.61. The summed E-state index contributed by atoms with van der Waals surface area (Å²) in [6.07, 6.45) is 4.21. The van der Waals surface area contributed by atoms with Crippen molar-refractivity contribution in [3.8, 4) is 0 Å². The van der Waals surface area contributed by atoms with E-state index in [-0.39, 0.29) is 23.6 Å². The van der Waals surface area contributed by atoms with Crippen LogP contribution in [0.25, 0.3) is 0 Å². The van der Waals surface area contributed by atoms with Gasteiger partial charge in [0.2, 0.25) is 0 Å². The summed E-state index contributed by atoms with van der Waals surface area (Å²) >= 11 is 5.63. The standard InChI is InChI=1S/C21H27F3N2OS/c22-21(23,24)16-9-3-2-8-15(16)14-26-18(28)25-19(11-5-1-6-12-19)17-10-4-7-13-20(17,26)27/h2-3,8-9,17,27H,1,4-7,10-14H2,(H,25,28)/t17-,20+/m1/s1. The summed E-state index contributed by atoms with van der Waals surface area (Å²) in [4.78, 5) is 1.64. The Balaban J connectivity index is 1.70. The summed E-state index contributed by atoms with van der Waals surface area (Å²) in [7, 11) is 0. The fourth-order valence-corrected chi connectivity index (χ4v) is 6.12. The molecule has 1 aromatic carbocycles. The van der Waals surface area contributed by atoms with Crippen molar-refractivity contribution in [1.82, 2.24) is 10.2 Å². The Bertz CT molecular complexity index is 747. The maximum absolute atomic E-state index is 13.5. The average Bonchev–Trinajstić information content (AvgIpc) is 2.65. The maximum atomic E-state index is 13.5. The Morgan fingerprint density at radius 3 is 2.46 bits per heavy atom. The first-order chi connectivity index (χ1) is 13.3. The molecule has 4 rings (SSSR count). The number of fused-ring (bicyclic) bond motifs is 2. The first-order valence-corrected chi connectivity index (χ1v) is 10.6. The molecule has 1 spiro atoms. The molecular formula is C21H27F3N2OS. The van der Waals surface area contributed by atoms with Gasteiger partial charge in [-0.15, -0.1) is 0 Å². The topological polar surface area (TPSA) is 35.5 Å². The highest BCUT2D eigenvalue weighted by molar-refractivity contribution is 7.80. The van der Waals surface area contributed by atoms with Crippen LogP contribution in [-0.2, 0) is 12.7 Å². The Morgan fingerprint density at radius 2 is 1.75 bits per heavy atom. The van der Waals surface area contributed by atoms with Crippen LogP contribution in [0.5, 0.6) is 0 Å². The van der Waals surface area contributed by atoms with Crippen LogP contribution in [0, 0.1) is 5.92 Å². The van der Waals surface area contributed by atoms with E-state index in [4.69, 9.17) is 12.2 Å². The monoisotopic (exact) mass is 412 g/mol. The van der Waals surface area contributed by atoms with Crippen molar-refractivity contribution >= 4 is 17.3 Å². The Hall–Kier alpha value is -1.34. The second kappa shape index (κ2) is 7.17. The quantitative estimate of drug-likeness (QED) is 0.672. The molecule has 1 aromatic rings. The van der Waals surface area contributed by atoms with Gasteiger partial charge in [-0.2, -0.15) is 13.2 Å². The minimum atomic E-state index is -4.43. The lowest BCUT2D eigenvalue weighted by Crippen LogP contribution is -2.75. The fourth-order valence-electron chi connectivity index (χ4n) is 5.69. The maximum Gasteiger partial charge on any atom is 0.416 e. The second-order valence-corrected chi connectivity index (χ2v) is 8.95. The molecule has 7 heteroatoms. The molecule has 3 aliphatic rings. The van der Waals surface area contributed by atoms with E-state index in [0.29, 0.717) is 11.5 Å². The van der Waals surface area contributed by atoms with Crippen LogP contribution >= 0.6 is 12.2 Å². The molecule has 2 saturated carbocycles. The SMILES string of the molecule is O[C@@]12CCCC[C@@H]1C1(CCCCC1)NC(=S)N2Cc1ccccc1C(F)(F)F. The van der Waals surface area contributed by atoms with E-state index in [0.717, 1.165) is 51.0 Å². The molecule has 3 fully saturated rings. The molecule has 154 valence electrons. The average molecular weight is 413 g/mol. The number of halogens is 3. The van der Waals surface area contributed by atoms with Crippen molar-refractivity contribution < 1.29 is 18.3 Å². The van der Waals surface area contributed by atoms with Gasteiger partial charge in [-0.1, -0.05) is 43.9 Å². The van der Waals surface area contributed by atoms with Crippen molar-refractivity contribution in [1.29, 1.82) is 0 Å². The minimum absolute atomic E-state index is 0.0150. The van der Waals surface area contributed by atoms with Gasteiger partial charge in [-0.25, -0.2) is 0 Å². The van der Waals surface area contributed by atoms with Gasteiger partial charge in [0.05, 0.1) is 5.56 Å². The molecule has 1 saturated heterocycles. The first-order valence-electron chi connectivity index (χ1n) is 10.2. The van der Waals surface area contributed by atoms with Crippen LogP contribution < -0.4 is 5.32 Å². The number of aliphatic hydroxyl groups is 1. The summed E-state index contributed by atoms with van der Waals surface area (Å²) in [6.45, 7) is -0.0371. The molecule has 0 amide bonds. The molecule has 2 N–H and O–H groups in total. The summed E-state index contributed by atoms with van der Waals surface area (Å²) in [6, 6.07) is 5.59. The molecule has 0 unspecified atom stereocenters. The summed E-state index contributed by atoms with van der Waals surface area (Å²) < 4.78 is 40.5. The molecule has 1 aliphatic heterocycles. The van der Waals surface area contributed by atoms with Crippen LogP contribution in [-0.4, -0.2) is 26.4 Å². The number of thiocarbonyl (C=S) groups is 1. The third kappa shape index (κ3) is 3.30.